The molecule has 0 aliphatic heterocycles. The molecule has 2 N–H and O–H groups in total. The number of nitrogens with two attached hydrogens (primary N) is 1. The predicted octanol–water partition coefficient (Wildman–Crippen LogP) is 2.94. The maximum Gasteiger partial charge on any atom is 0.0366 e. The Morgan fingerprint density at radius 3 is 2.19 bits per heavy atom. The lowest BCUT2D eigenvalue weighted by Gasteiger charge is -2.27. The largest absolute Gasteiger partial charge is 0.372 e. The van der Waals surface area contributed by atoms with E-state index in [-0.39, 0.29) is 6.04 Å². The van der Waals surface area contributed by atoms with Gasteiger partial charge in [0, 0.05) is 24.8 Å². The van der Waals surface area contributed by atoms with Crippen LogP contribution in [0.4, 0.5) is 5.69 Å². The van der Waals surface area contributed by atoms with E-state index in [1.807, 2.05) is 6.92 Å². The zero-order valence-electron chi connectivity index (χ0n) is 10.5. The Morgan fingerprint density at radius 2 is 1.75 bits per heavy atom. The van der Waals surface area contributed by atoms with Crippen LogP contribution in [0.2, 0.25) is 0 Å². The molecule has 0 aromatic heterocycles. The van der Waals surface area contributed by atoms with E-state index in [0.717, 1.165) is 5.92 Å². The van der Waals surface area contributed by atoms with Gasteiger partial charge in [-0.05, 0) is 50.3 Å². The van der Waals surface area contributed by atoms with E-state index >= 15 is 0 Å². The summed E-state index contributed by atoms with van der Waals surface area (Å²) in [5.74, 6) is 0.901. The molecular weight excluding hydrogens is 196 g/mol. The van der Waals surface area contributed by atoms with E-state index < -0.39 is 0 Å². The highest BCUT2D eigenvalue weighted by atomic mass is 15.1. The van der Waals surface area contributed by atoms with Crippen LogP contribution >= 0.6 is 0 Å². The fourth-order valence-corrected chi connectivity index (χ4v) is 2.14. The minimum Gasteiger partial charge on any atom is -0.372 e. The van der Waals surface area contributed by atoms with Gasteiger partial charge in [-0.3, -0.25) is 0 Å². The molecule has 2 atom stereocenters. The van der Waals surface area contributed by atoms with Crippen LogP contribution in [0.3, 0.4) is 0 Å². The lowest BCUT2D eigenvalue weighted by molar-refractivity contribution is 0.609. The predicted molar refractivity (Wildman–Crippen MR) is 69.6 cm³/mol. The van der Waals surface area contributed by atoms with Crippen LogP contribution < -0.4 is 10.6 Å². The average Bonchev–Trinajstić information content (AvgIpc) is 3.11. The summed E-state index contributed by atoms with van der Waals surface area (Å²) < 4.78 is 0. The van der Waals surface area contributed by atoms with Gasteiger partial charge in [0.05, 0.1) is 0 Å². The third-order valence-corrected chi connectivity index (χ3v) is 3.74. The van der Waals surface area contributed by atoms with Gasteiger partial charge in [-0.15, -0.1) is 0 Å². The lowest BCUT2D eigenvalue weighted by atomic mass is 10.1. The second-order valence-corrected chi connectivity index (χ2v) is 5.07. The molecule has 2 nitrogen and oxygen atoms in total. The van der Waals surface area contributed by atoms with E-state index in [9.17, 15) is 0 Å². The van der Waals surface area contributed by atoms with E-state index in [0.29, 0.717) is 6.04 Å². The molecule has 0 heterocycles. The Balaban J connectivity index is 2.08. The third kappa shape index (κ3) is 2.38. The molecule has 1 unspecified atom stereocenters. The molecule has 16 heavy (non-hydrogen) atoms. The first-order chi connectivity index (χ1) is 7.59. The first-order valence-corrected chi connectivity index (χ1v) is 6.18. The van der Waals surface area contributed by atoms with Crippen LogP contribution in [0.25, 0.3) is 0 Å². The summed E-state index contributed by atoms with van der Waals surface area (Å²) in [5.41, 5.74) is 8.34. The molecule has 0 bridgehead atoms. The monoisotopic (exact) mass is 218 g/mol. The number of anilines is 1. The van der Waals surface area contributed by atoms with Gasteiger partial charge >= 0.3 is 0 Å². The summed E-state index contributed by atoms with van der Waals surface area (Å²) >= 11 is 0. The topological polar surface area (TPSA) is 29.3 Å². The summed E-state index contributed by atoms with van der Waals surface area (Å²) in [6, 6.07) is 9.41. The molecule has 0 saturated heterocycles. The zero-order chi connectivity index (χ0) is 11.7. The van der Waals surface area contributed by atoms with Crippen molar-refractivity contribution in [3.63, 3.8) is 0 Å². The Hall–Kier alpha value is -1.02. The van der Waals surface area contributed by atoms with E-state index in [1.54, 1.807) is 0 Å². The summed E-state index contributed by atoms with van der Waals surface area (Å²) in [5, 5.41) is 0. The highest BCUT2D eigenvalue weighted by Crippen LogP contribution is 2.36. The van der Waals surface area contributed by atoms with Crippen LogP contribution in [-0.2, 0) is 0 Å². The Kier molecular flexibility index (Phi) is 3.20. The molecule has 0 amide bonds. The van der Waals surface area contributed by atoms with Crippen molar-refractivity contribution < 1.29 is 0 Å². The highest BCUT2D eigenvalue weighted by molar-refractivity contribution is 5.48. The molecule has 2 rings (SSSR count). The van der Waals surface area contributed by atoms with Crippen molar-refractivity contribution in [3.8, 4) is 0 Å². The number of hydrogen-bond acceptors (Lipinski definition) is 2. The summed E-state index contributed by atoms with van der Waals surface area (Å²) in [4.78, 5) is 2.38. The number of rotatable bonds is 4. The SMILES string of the molecule is CC(C1CC1)N(C)c1ccc([C@@H](C)N)cc1. The normalized spacial score (nSPS) is 19.2. The maximum absolute atomic E-state index is 5.84. The molecule has 1 aromatic carbocycles. The van der Waals surface area contributed by atoms with Gasteiger partial charge in [-0.1, -0.05) is 12.1 Å². The number of benzene rings is 1. The molecule has 1 fully saturated rings. The number of hydrogen-bond donors (Lipinski definition) is 1. The van der Waals surface area contributed by atoms with Crippen molar-refractivity contribution in [2.24, 2.45) is 11.7 Å². The number of nitrogens with zero attached hydrogens (tertiary/aromatic N) is 1. The first-order valence-electron chi connectivity index (χ1n) is 6.18. The molecule has 0 spiro atoms. The maximum atomic E-state index is 5.84. The van der Waals surface area contributed by atoms with Crippen molar-refractivity contribution >= 4 is 5.69 Å². The average molecular weight is 218 g/mol. The second-order valence-electron chi connectivity index (χ2n) is 5.07. The fourth-order valence-electron chi connectivity index (χ4n) is 2.14. The molecule has 1 aliphatic rings. The summed E-state index contributed by atoms with van der Waals surface area (Å²) in [6.07, 6.45) is 2.78. The van der Waals surface area contributed by atoms with Gasteiger partial charge in [-0.25, -0.2) is 0 Å². The summed E-state index contributed by atoms with van der Waals surface area (Å²) in [6.45, 7) is 4.34. The van der Waals surface area contributed by atoms with Crippen molar-refractivity contribution in [2.45, 2.75) is 38.8 Å². The quantitative estimate of drug-likeness (QED) is 0.842. The fraction of sp³-hybridized carbons (Fsp3) is 0.571. The molecule has 1 aliphatic carbocycles. The van der Waals surface area contributed by atoms with E-state index in [1.165, 1.54) is 24.1 Å². The third-order valence-electron chi connectivity index (χ3n) is 3.74. The minimum atomic E-state index is 0.125. The van der Waals surface area contributed by atoms with Crippen molar-refractivity contribution in [2.75, 3.05) is 11.9 Å². The summed E-state index contributed by atoms with van der Waals surface area (Å²) in [7, 11) is 2.18. The van der Waals surface area contributed by atoms with Crippen molar-refractivity contribution in [1.82, 2.24) is 0 Å². The highest BCUT2D eigenvalue weighted by Gasteiger charge is 2.30. The second kappa shape index (κ2) is 4.46. The van der Waals surface area contributed by atoms with Crippen LogP contribution in [0.5, 0.6) is 0 Å². The molecular formula is C14H22N2. The van der Waals surface area contributed by atoms with E-state index in [4.69, 9.17) is 5.73 Å². The molecule has 2 heteroatoms. The van der Waals surface area contributed by atoms with Gasteiger partial charge in [0.25, 0.3) is 0 Å². The van der Waals surface area contributed by atoms with Crippen molar-refractivity contribution in [1.29, 1.82) is 0 Å². The van der Waals surface area contributed by atoms with Gasteiger partial charge in [0.15, 0.2) is 0 Å². The molecule has 1 saturated carbocycles. The van der Waals surface area contributed by atoms with Gasteiger partial charge in [0.2, 0.25) is 0 Å². The Morgan fingerprint density at radius 1 is 1.19 bits per heavy atom. The molecule has 88 valence electrons. The Bertz CT molecular complexity index is 338. The van der Waals surface area contributed by atoms with Gasteiger partial charge < -0.3 is 10.6 Å². The van der Waals surface area contributed by atoms with Crippen LogP contribution in [-0.4, -0.2) is 13.1 Å². The zero-order valence-corrected chi connectivity index (χ0v) is 10.5. The van der Waals surface area contributed by atoms with Crippen molar-refractivity contribution in [3.05, 3.63) is 29.8 Å². The minimum absolute atomic E-state index is 0.125. The molecule has 0 radical (unpaired) electrons. The van der Waals surface area contributed by atoms with Gasteiger partial charge in [0.1, 0.15) is 0 Å². The Labute approximate surface area is 98.4 Å². The smallest absolute Gasteiger partial charge is 0.0366 e. The van der Waals surface area contributed by atoms with Crippen LogP contribution in [0.1, 0.15) is 38.3 Å². The van der Waals surface area contributed by atoms with Crippen LogP contribution in [0, 0.1) is 5.92 Å². The standard InChI is InChI=1S/C14H22N2/c1-10(15)12-6-8-14(9-7-12)16(3)11(2)13-4-5-13/h6-11,13H,4-5,15H2,1-3H3/t10-,11?/m1/s1. The van der Waals surface area contributed by atoms with Crippen LogP contribution in [0.15, 0.2) is 24.3 Å². The first kappa shape index (κ1) is 11.5. The van der Waals surface area contributed by atoms with Gasteiger partial charge in [-0.2, -0.15) is 0 Å². The molecule has 1 aromatic rings. The lowest BCUT2D eigenvalue weighted by Crippen LogP contribution is -2.30. The van der Waals surface area contributed by atoms with E-state index in [2.05, 4.69) is 43.1 Å².